The van der Waals surface area contributed by atoms with Gasteiger partial charge in [-0.1, -0.05) is 37.6 Å². The summed E-state index contributed by atoms with van der Waals surface area (Å²) in [5.41, 5.74) is 2.38. The Bertz CT molecular complexity index is 874. The van der Waals surface area contributed by atoms with E-state index in [1.165, 1.54) is 5.56 Å². The third kappa shape index (κ3) is 4.60. The molecule has 28 heavy (non-hydrogen) atoms. The molecule has 1 saturated heterocycles. The smallest absolute Gasteiger partial charge is 0.311 e. The summed E-state index contributed by atoms with van der Waals surface area (Å²) in [6, 6.07) is 14.1. The number of carbonyl (C=O) groups is 3. The van der Waals surface area contributed by atoms with E-state index in [4.69, 9.17) is 16.3 Å². The second kappa shape index (κ2) is 8.57. The minimum Gasteiger partial charge on any atom is -0.457 e. The number of ketones is 1. The molecule has 1 amide bonds. The molecule has 0 aliphatic carbocycles. The first kappa shape index (κ1) is 20.1. The molecule has 1 fully saturated rings. The molecule has 0 bridgehead atoms. The molecule has 1 atom stereocenters. The van der Waals surface area contributed by atoms with Crippen LogP contribution >= 0.6 is 11.6 Å². The van der Waals surface area contributed by atoms with Crippen LogP contribution in [-0.4, -0.2) is 30.8 Å². The minimum atomic E-state index is -0.574. The zero-order chi connectivity index (χ0) is 20.3. The molecule has 0 unspecified atom stereocenters. The molecule has 2 aromatic carbocycles. The van der Waals surface area contributed by atoms with E-state index in [2.05, 4.69) is 13.8 Å². The topological polar surface area (TPSA) is 63.7 Å². The van der Waals surface area contributed by atoms with Gasteiger partial charge >= 0.3 is 5.97 Å². The number of esters is 1. The van der Waals surface area contributed by atoms with Crippen molar-refractivity contribution in [3.05, 3.63) is 64.7 Å². The van der Waals surface area contributed by atoms with Crippen LogP contribution in [0.2, 0.25) is 5.02 Å². The van der Waals surface area contributed by atoms with Gasteiger partial charge in [0.2, 0.25) is 5.91 Å². The largest absolute Gasteiger partial charge is 0.457 e. The predicted octanol–water partition coefficient (Wildman–Crippen LogP) is 4.24. The maximum Gasteiger partial charge on any atom is 0.311 e. The number of carbonyl (C=O) groups excluding carboxylic acids is 3. The number of benzene rings is 2. The van der Waals surface area contributed by atoms with Crippen molar-refractivity contribution < 1.29 is 19.1 Å². The summed E-state index contributed by atoms with van der Waals surface area (Å²) in [6.45, 7) is 4.11. The lowest BCUT2D eigenvalue weighted by molar-refractivity contribution is -0.147. The molecule has 3 rings (SSSR count). The van der Waals surface area contributed by atoms with E-state index in [9.17, 15) is 14.4 Å². The summed E-state index contributed by atoms with van der Waals surface area (Å²) >= 11 is 5.80. The van der Waals surface area contributed by atoms with Crippen molar-refractivity contribution in [3.63, 3.8) is 0 Å². The van der Waals surface area contributed by atoms with Gasteiger partial charge in [0.15, 0.2) is 12.4 Å². The number of hydrogen-bond donors (Lipinski definition) is 0. The minimum absolute atomic E-state index is 0.0832. The van der Waals surface area contributed by atoms with Crippen LogP contribution in [0.5, 0.6) is 0 Å². The molecule has 6 heteroatoms. The normalized spacial score (nSPS) is 16.5. The lowest BCUT2D eigenvalue weighted by atomic mass is 10.0. The SMILES string of the molecule is CC(C)c1ccc(N2C[C@H](C(=O)OCC(=O)c3ccc(Cl)cc3)CC2=O)cc1. The van der Waals surface area contributed by atoms with Gasteiger partial charge in [0.25, 0.3) is 0 Å². The van der Waals surface area contributed by atoms with E-state index in [1.54, 1.807) is 29.2 Å². The van der Waals surface area contributed by atoms with Crippen molar-refractivity contribution in [1.82, 2.24) is 0 Å². The van der Waals surface area contributed by atoms with Crippen molar-refractivity contribution in [2.75, 3.05) is 18.1 Å². The Labute approximate surface area is 169 Å². The second-order valence-corrected chi connectivity index (χ2v) is 7.63. The number of Topliss-reactive ketones (excluding diaryl/α,β-unsaturated/α-hetero) is 1. The highest BCUT2D eigenvalue weighted by molar-refractivity contribution is 6.30. The summed E-state index contributed by atoms with van der Waals surface area (Å²) in [7, 11) is 0. The Hall–Kier alpha value is -2.66. The van der Waals surface area contributed by atoms with E-state index < -0.39 is 11.9 Å². The van der Waals surface area contributed by atoms with E-state index in [0.717, 1.165) is 5.69 Å². The molecule has 0 radical (unpaired) electrons. The monoisotopic (exact) mass is 399 g/mol. The van der Waals surface area contributed by atoms with E-state index in [-0.39, 0.29) is 31.3 Å². The Balaban J connectivity index is 1.57. The predicted molar refractivity (Wildman–Crippen MR) is 108 cm³/mol. The van der Waals surface area contributed by atoms with Gasteiger partial charge in [0.1, 0.15) is 0 Å². The molecule has 0 spiro atoms. The van der Waals surface area contributed by atoms with Gasteiger partial charge in [0, 0.05) is 29.2 Å². The van der Waals surface area contributed by atoms with Gasteiger partial charge in [0.05, 0.1) is 5.92 Å². The van der Waals surface area contributed by atoms with Crippen LogP contribution < -0.4 is 4.90 Å². The van der Waals surface area contributed by atoms with Crippen molar-refractivity contribution >= 4 is 34.9 Å². The van der Waals surface area contributed by atoms with Crippen molar-refractivity contribution in [2.45, 2.75) is 26.2 Å². The first-order valence-corrected chi connectivity index (χ1v) is 9.58. The van der Waals surface area contributed by atoms with E-state index in [0.29, 0.717) is 16.5 Å². The summed E-state index contributed by atoms with van der Waals surface area (Å²) in [5, 5.41) is 0.527. The van der Waals surface area contributed by atoms with Crippen LogP contribution in [0, 0.1) is 5.92 Å². The van der Waals surface area contributed by atoms with Crippen molar-refractivity contribution in [2.24, 2.45) is 5.92 Å². The van der Waals surface area contributed by atoms with Crippen molar-refractivity contribution in [3.8, 4) is 0 Å². The number of rotatable bonds is 6. The quantitative estimate of drug-likeness (QED) is 0.538. The van der Waals surface area contributed by atoms with Crippen LogP contribution in [-0.2, 0) is 14.3 Å². The molecular formula is C22H22ClNO4. The number of ether oxygens (including phenoxy) is 1. The molecular weight excluding hydrogens is 378 g/mol. The van der Waals surface area contributed by atoms with Crippen molar-refractivity contribution in [1.29, 1.82) is 0 Å². The van der Waals surface area contributed by atoms with Crippen LogP contribution in [0.4, 0.5) is 5.69 Å². The molecule has 0 aromatic heterocycles. The van der Waals surface area contributed by atoms with Crippen LogP contribution in [0.15, 0.2) is 48.5 Å². The van der Waals surface area contributed by atoms with Gasteiger partial charge < -0.3 is 9.64 Å². The highest BCUT2D eigenvalue weighted by atomic mass is 35.5. The number of halogens is 1. The summed E-state index contributed by atoms with van der Waals surface area (Å²) < 4.78 is 5.16. The number of hydrogen-bond acceptors (Lipinski definition) is 4. The molecule has 1 aliphatic heterocycles. The number of nitrogens with zero attached hydrogens (tertiary/aromatic N) is 1. The van der Waals surface area contributed by atoms with Gasteiger partial charge in [-0.25, -0.2) is 0 Å². The molecule has 1 aliphatic rings. The van der Waals surface area contributed by atoms with Crippen LogP contribution in [0.1, 0.15) is 42.1 Å². The van der Waals surface area contributed by atoms with Gasteiger partial charge in [-0.3, -0.25) is 14.4 Å². The standard InChI is InChI=1S/C22H22ClNO4/c1-14(2)15-5-9-19(10-6-15)24-12-17(11-21(24)26)22(27)28-13-20(25)16-3-7-18(23)8-4-16/h3-10,14,17H,11-13H2,1-2H3/t17-/m1/s1. The third-order valence-corrected chi connectivity index (χ3v) is 5.09. The number of amides is 1. The van der Waals surface area contributed by atoms with Crippen LogP contribution in [0.3, 0.4) is 0 Å². The number of anilines is 1. The van der Waals surface area contributed by atoms with Crippen LogP contribution in [0.25, 0.3) is 0 Å². The average molecular weight is 400 g/mol. The molecule has 0 saturated carbocycles. The molecule has 0 N–H and O–H groups in total. The van der Waals surface area contributed by atoms with E-state index in [1.807, 2.05) is 24.3 Å². The fourth-order valence-electron chi connectivity index (χ4n) is 3.13. The average Bonchev–Trinajstić information content (AvgIpc) is 3.08. The Morgan fingerprint density at radius 2 is 1.75 bits per heavy atom. The van der Waals surface area contributed by atoms with Gasteiger partial charge in [-0.2, -0.15) is 0 Å². The Kier molecular flexibility index (Phi) is 6.15. The fourth-order valence-corrected chi connectivity index (χ4v) is 3.25. The zero-order valence-electron chi connectivity index (χ0n) is 15.9. The fraction of sp³-hybridized carbons (Fsp3) is 0.318. The van der Waals surface area contributed by atoms with E-state index >= 15 is 0 Å². The summed E-state index contributed by atoms with van der Waals surface area (Å²) in [6.07, 6.45) is 0.0832. The first-order chi connectivity index (χ1) is 13.3. The lowest BCUT2D eigenvalue weighted by Crippen LogP contribution is -2.27. The molecule has 5 nitrogen and oxygen atoms in total. The maximum absolute atomic E-state index is 12.3. The first-order valence-electron chi connectivity index (χ1n) is 9.21. The molecule has 146 valence electrons. The Morgan fingerprint density at radius 1 is 1.11 bits per heavy atom. The molecule has 1 heterocycles. The Morgan fingerprint density at radius 3 is 2.36 bits per heavy atom. The lowest BCUT2D eigenvalue weighted by Gasteiger charge is -2.17. The highest BCUT2D eigenvalue weighted by Gasteiger charge is 2.36. The maximum atomic E-state index is 12.3. The second-order valence-electron chi connectivity index (χ2n) is 7.19. The van der Waals surface area contributed by atoms with Gasteiger partial charge in [-0.15, -0.1) is 0 Å². The zero-order valence-corrected chi connectivity index (χ0v) is 16.6. The molecule has 2 aromatic rings. The highest BCUT2D eigenvalue weighted by Crippen LogP contribution is 2.27. The summed E-state index contributed by atoms with van der Waals surface area (Å²) in [4.78, 5) is 38.4. The van der Waals surface area contributed by atoms with Gasteiger partial charge in [-0.05, 0) is 47.9 Å². The third-order valence-electron chi connectivity index (χ3n) is 4.84. The summed E-state index contributed by atoms with van der Waals surface area (Å²) in [5.74, 6) is -1.13.